The van der Waals surface area contributed by atoms with Crippen LogP contribution in [0.1, 0.15) is 24.9 Å². The van der Waals surface area contributed by atoms with Crippen LogP contribution in [0.15, 0.2) is 12.1 Å². The first kappa shape index (κ1) is 13.6. The van der Waals surface area contributed by atoms with E-state index in [0.717, 1.165) is 12.0 Å². The first-order valence-corrected chi connectivity index (χ1v) is 5.68. The van der Waals surface area contributed by atoms with Crippen molar-refractivity contribution in [3.05, 3.63) is 17.7 Å². The molecule has 17 heavy (non-hydrogen) atoms. The molecule has 0 saturated carbocycles. The smallest absolute Gasteiger partial charge is 0.203 e. The van der Waals surface area contributed by atoms with Gasteiger partial charge < -0.3 is 19.5 Å². The van der Waals surface area contributed by atoms with Crippen molar-refractivity contribution in [1.29, 1.82) is 0 Å². The molecule has 0 aliphatic carbocycles. The van der Waals surface area contributed by atoms with Crippen LogP contribution < -0.4 is 19.5 Å². The molecule has 0 aliphatic heterocycles. The molecule has 1 atom stereocenters. The number of rotatable bonds is 6. The van der Waals surface area contributed by atoms with E-state index in [9.17, 15) is 0 Å². The Kier molecular flexibility index (Phi) is 5.10. The summed E-state index contributed by atoms with van der Waals surface area (Å²) in [6.07, 6.45) is 0.995. The number of hydrogen-bond donors (Lipinski definition) is 1. The summed E-state index contributed by atoms with van der Waals surface area (Å²) < 4.78 is 15.9. The molecule has 0 radical (unpaired) electrons. The number of hydrogen-bond acceptors (Lipinski definition) is 4. The lowest BCUT2D eigenvalue weighted by molar-refractivity contribution is 0.323. The molecule has 0 aliphatic rings. The predicted octanol–water partition coefficient (Wildman–Crippen LogP) is 2.38. The van der Waals surface area contributed by atoms with Gasteiger partial charge in [0.05, 0.1) is 21.3 Å². The van der Waals surface area contributed by atoms with Crippen LogP contribution >= 0.6 is 0 Å². The van der Waals surface area contributed by atoms with Gasteiger partial charge in [-0.15, -0.1) is 0 Å². The highest BCUT2D eigenvalue weighted by Crippen LogP contribution is 2.39. The molecule has 0 amide bonds. The Bertz CT molecular complexity index is 337. The van der Waals surface area contributed by atoms with Crippen LogP contribution in [0.5, 0.6) is 17.2 Å². The Labute approximate surface area is 103 Å². The van der Waals surface area contributed by atoms with E-state index in [0.29, 0.717) is 17.2 Å². The van der Waals surface area contributed by atoms with Crippen molar-refractivity contribution in [1.82, 2.24) is 5.32 Å². The van der Waals surface area contributed by atoms with Crippen LogP contribution in [0.25, 0.3) is 0 Å². The lowest BCUT2D eigenvalue weighted by Gasteiger charge is -2.19. The average Bonchev–Trinajstić information content (AvgIpc) is 2.38. The first-order chi connectivity index (χ1) is 8.21. The Hall–Kier alpha value is -1.42. The Morgan fingerprint density at radius 3 is 1.88 bits per heavy atom. The zero-order chi connectivity index (χ0) is 12.8. The normalized spacial score (nSPS) is 12.1. The topological polar surface area (TPSA) is 39.7 Å². The molecule has 4 heteroatoms. The van der Waals surface area contributed by atoms with Gasteiger partial charge in [-0.1, -0.05) is 6.92 Å². The highest BCUT2D eigenvalue weighted by molar-refractivity contribution is 5.54. The molecule has 0 fully saturated rings. The van der Waals surface area contributed by atoms with E-state index in [-0.39, 0.29) is 6.04 Å². The quantitative estimate of drug-likeness (QED) is 0.827. The fourth-order valence-corrected chi connectivity index (χ4v) is 1.91. The molecule has 0 bridgehead atoms. The van der Waals surface area contributed by atoms with E-state index in [1.807, 2.05) is 19.2 Å². The predicted molar refractivity (Wildman–Crippen MR) is 68.2 cm³/mol. The van der Waals surface area contributed by atoms with Crippen molar-refractivity contribution in [2.24, 2.45) is 0 Å². The van der Waals surface area contributed by atoms with E-state index >= 15 is 0 Å². The number of ether oxygens (including phenoxy) is 3. The van der Waals surface area contributed by atoms with Crippen LogP contribution in [0.3, 0.4) is 0 Å². The minimum atomic E-state index is 0.281. The van der Waals surface area contributed by atoms with Crippen molar-refractivity contribution in [2.45, 2.75) is 19.4 Å². The van der Waals surface area contributed by atoms with Crippen LogP contribution in [0, 0.1) is 0 Å². The van der Waals surface area contributed by atoms with Crippen molar-refractivity contribution < 1.29 is 14.2 Å². The third kappa shape index (κ3) is 2.82. The fraction of sp³-hybridized carbons (Fsp3) is 0.538. The van der Waals surface area contributed by atoms with E-state index in [1.165, 1.54) is 0 Å². The monoisotopic (exact) mass is 239 g/mol. The molecule has 0 spiro atoms. The number of nitrogens with one attached hydrogen (secondary N) is 1. The summed E-state index contributed by atoms with van der Waals surface area (Å²) >= 11 is 0. The largest absolute Gasteiger partial charge is 0.493 e. The molecule has 1 rings (SSSR count). The first-order valence-electron chi connectivity index (χ1n) is 5.68. The highest BCUT2D eigenvalue weighted by atomic mass is 16.5. The molecule has 0 heterocycles. The van der Waals surface area contributed by atoms with Gasteiger partial charge in [0.15, 0.2) is 11.5 Å². The minimum absolute atomic E-state index is 0.281. The lowest BCUT2D eigenvalue weighted by Crippen LogP contribution is -2.15. The molecule has 4 nitrogen and oxygen atoms in total. The van der Waals surface area contributed by atoms with E-state index in [2.05, 4.69) is 12.2 Å². The third-order valence-electron chi connectivity index (χ3n) is 2.85. The van der Waals surface area contributed by atoms with Gasteiger partial charge >= 0.3 is 0 Å². The average molecular weight is 239 g/mol. The van der Waals surface area contributed by atoms with Gasteiger partial charge in [0.2, 0.25) is 5.75 Å². The molecule has 0 aromatic heterocycles. The van der Waals surface area contributed by atoms with Gasteiger partial charge in [-0.3, -0.25) is 0 Å². The maximum atomic E-state index is 5.33. The highest BCUT2D eigenvalue weighted by Gasteiger charge is 2.16. The minimum Gasteiger partial charge on any atom is -0.493 e. The Balaban J connectivity index is 3.26. The second-order valence-corrected chi connectivity index (χ2v) is 3.71. The second-order valence-electron chi connectivity index (χ2n) is 3.71. The van der Waals surface area contributed by atoms with Gasteiger partial charge in [0, 0.05) is 6.04 Å². The van der Waals surface area contributed by atoms with Gasteiger partial charge in [-0.05, 0) is 31.2 Å². The van der Waals surface area contributed by atoms with E-state index < -0.39 is 0 Å². The summed E-state index contributed by atoms with van der Waals surface area (Å²) in [5.74, 6) is 2.01. The number of benzene rings is 1. The summed E-state index contributed by atoms with van der Waals surface area (Å²) in [5, 5.41) is 3.26. The van der Waals surface area contributed by atoms with E-state index in [4.69, 9.17) is 14.2 Å². The van der Waals surface area contributed by atoms with E-state index in [1.54, 1.807) is 21.3 Å². The summed E-state index contributed by atoms with van der Waals surface area (Å²) in [6, 6.07) is 4.24. The summed E-state index contributed by atoms with van der Waals surface area (Å²) in [6.45, 7) is 2.13. The fourth-order valence-electron chi connectivity index (χ4n) is 1.91. The molecule has 1 N–H and O–H groups in total. The van der Waals surface area contributed by atoms with Crippen molar-refractivity contribution in [3.8, 4) is 17.2 Å². The molecule has 1 unspecified atom stereocenters. The van der Waals surface area contributed by atoms with Crippen LogP contribution in [-0.4, -0.2) is 28.4 Å². The number of methoxy groups -OCH3 is 3. The Morgan fingerprint density at radius 1 is 1.06 bits per heavy atom. The molecular weight excluding hydrogens is 218 g/mol. The zero-order valence-electron chi connectivity index (χ0n) is 11.2. The maximum absolute atomic E-state index is 5.33. The standard InChI is InChI=1S/C13H21NO3/c1-6-10(14-2)9-7-11(15-3)13(17-5)12(8-9)16-4/h7-8,10,14H,6H2,1-5H3. The SMILES string of the molecule is CCC(NC)c1cc(OC)c(OC)c(OC)c1. The molecular formula is C13H21NO3. The molecule has 1 aromatic rings. The van der Waals surface area contributed by atoms with Gasteiger partial charge in [0.1, 0.15) is 0 Å². The van der Waals surface area contributed by atoms with Crippen molar-refractivity contribution >= 4 is 0 Å². The van der Waals surface area contributed by atoms with Crippen LogP contribution in [-0.2, 0) is 0 Å². The van der Waals surface area contributed by atoms with Gasteiger partial charge in [-0.2, -0.15) is 0 Å². The van der Waals surface area contributed by atoms with Crippen LogP contribution in [0.4, 0.5) is 0 Å². The van der Waals surface area contributed by atoms with Crippen LogP contribution in [0.2, 0.25) is 0 Å². The summed E-state index contributed by atoms with van der Waals surface area (Å²) in [4.78, 5) is 0. The third-order valence-corrected chi connectivity index (χ3v) is 2.85. The van der Waals surface area contributed by atoms with Crippen molar-refractivity contribution in [2.75, 3.05) is 28.4 Å². The summed E-state index contributed by atoms with van der Waals surface area (Å²) in [7, 11) is 6.80. The maximum Gasteiger partial charge on any atom is 0.203 e. The van der Waals surface area contributed by atoms with Crippen molar-refractivity contribution in [3.63, 3.8) is 0 Å². The Morgan fingerprint density at radius 2 is 1.59 bits per heavy atom. The molecule has 96 valence electrons. The molecule has 1 aromatic carbocycles. The zero-order valence-corrected chi connectivity index (χ0v) is 11.2. The lowest BCUT2D eigenvalue weighted by atomic mass is 10.0. The summed E-state index contributed by atoms with van der Waals surface area (Å²) in [5.41, 5.74) is 1.13. The molecule has 0 saturated heterocycles. The van der Waals surface area contributed by atoms with Gasteiger partial charge in [0.25, 0.3) is 0 Å². The second kappa shape index (κ2) is 6.35. The van der Waals surface area contributed by atoms with Gasteiger partial charge in [-0.25, -0.2) is 0 Å².